The van der Waals surface area contributed by atoms with Crippen molar-refractivity contribution in [3.8, 4) is 50.2 Å². The molecule has 82 heavy (non-hydrogen) atoms. The van der Waals surface area contributed by atoms with Gasteiger partial charge in [-0.1, -0.05) is 213 Å². The van der Waals surface area contributed by atoms with Crippen LogP contribution in [0.5, 0.6) is 0 Å². The van der Waals surface area contributed by atoms with E-state index in [9.17, 15) is 0 Å². The summed E-state index contributed by atoms with van der Waals surface area (Å²) in [7, 11) is 0. The highest BCUT2D eigenvalue weighted by Gasteiger charge is 2.70. The molecule has 1 aromatic heterocycles. The van der Waals surface area contributed by atoms with Crippen LogP contribution in [0.1, 0.15) is 90.2 Å². The Morgan fingerprint density at radius 2 is 0.829 bits per heavy atom. The molecule has 2 heteroatoms. The molecule has 11 aromatic carbocycles. The molecule has 0 amide bonds. The van der Waals surface area contributed by atoms with Gasteiger partial charge in [0.25, 0.3) is 0 Å². The van der Waals surface area contributed by atoms with Crippen molar-refractivity contribution in [2.24, 2.45) is 5.92 Å². The summed E-state index contributed by atoms with van der Waals surface area (Å²) in [4.78, 5) is 2.59. The van der Waals surface area contributed by atoms with Crippen molar-refractivity contribution in [1.29, 1.82) is 0 Å². The molecule has 6 unspecified atom stereocenters. The number of benzene rings is 11. The Hall–Kier alpha value is -8.98. The zero-order valence-electron chi connectivity index (χ0n) is 46.5. The highest BCUT2D eigenvalue weighted by molar-refractivity contribution is 6.10. The van der Waals surface area contributed by atoms with Crippen LogP contribution in [0.4, 0.5) is 17.1 Å². The summed E-state index contributed by atoms with van der Waals surface area (Å²) < 4.78 is 2.44. The quantitative estimate of drug-likeness (QED) is 0.154. The number of hydrogen-bond donors (Lipinski definition) is 0. The first kappa shape index (κ1) is 47.8. The van der Waals surface area contributed by atoms with Crippen LogP contribution in [0.3, 0.4) is 0 Å². The van der Waals surface area contributed by atoms with Gasteiger partial charge in [-0.3, -0.25) is 0 Å². The normalized spacial score (nSPS) is 22.6. The van der Waals surface area contributed by atoms with Gasteiger partial charge in [0.05, 0.1) is 11.0 Å². The van der Waals surface area contributed by atoms with E-state index in [0.717, 1.165) is 43.5 Å². The lowest BCUT2D eigenvalue weighted by molar-refractivity contribution is -0.0728. The van der Waals surface area contributed by atoms with Crippen LogP contribution in [-0.2, 0) is 16.2 Å². The fourth-order valence-electron chi connectivity index (χ4n) is 18.4. The Bertz CT molecular complexity index is 4490. The van der Waals surface area contributed by atoms with Gasteiger partial charge in [0, 0.05) is 49.8 Å². The van der Waals surface area contributed by atoms with E-state index in [2.05, 4.69) is 283 Å². The van der Waals surface area contributed by atoms with Gasteiger partial charge in [-0.25, -0.2) is 0 Å². The monoisotopic (exact) mass is 1050 g/mol. The van der Waals surface area contributed by atoms with Gasteiger partial charge in [-0.05, 0) is 202 Å². The maximum absolute atomic E-state index is 2.74. The fourth-order valence-corrected chi connectivity index (χ4v) is 18.4. The fraction of sp³-hybridized carbons (Fsp3) is 0.175. The van der Waals surface area contributed by atoms with Gasteiger partial charge in [0.2, 0.25) is 0 Å². The number of fused-ring (bicyclic) bond motifs is 13. The van der Waals surface area contributed by atoms with Crippen molar-refractivity contribution in [2.45, 2.75) is 80.0 Å². The number of aromatic nitrogens is 1. The Morgan fingerprint density at radius 1 is 0.354 bits per heavy atom. The van der Waals surface area contributed by atoms with Gasteiger partial charge >= 0.3 is 0 Å². The highest BCUT2D eigenvalue weighted by Crippen LogP contribution is 2.77. The molecule has 2 spiro atoms. The van der Waals surface area contributed by atoms with Crippen LogP contribution >= 0.6 is 0 Å². The van der Waals surface area contributed by atoms with Crippen LogP contribution in [0.15, 0.2) is 267 Å². The third kappa shape index (κ3) is 6.88. The van der Waals surface area contributed by atoms with Crippen molar-refractivity contribution in [1.82, 2.24) is 4.57 Å². The number of rotatable bonds is 7. The molecule has 1 heterocycles. The van der Waals surface area contributed by atoms with Crippen LogP contribution in [0, 0.1) is 12.8 Å². The van der Waals surface area contributed by atoms with E-state index in [1.165, 1.54) is 102 Å². The molecule has 3 fully saturated rings. The third-order valence-electron chi connectivity index (χ3n) is 21.0. The molecule has 394 valence electrons. The average Bonchev–Trinajstić information content (AvgIpc) is 2.28. The van der Waals surface area contributed by atoms with Gasteiger partial charge in [-0.2, -0.15) is 0 Å². The minimum atomic E-state index is -0.172. The lowest BCUT2D eigenvalue weighted by atomic mass is 9.33. The maximum atomic E-state index is 2.74. The largest absolute Gasteiger partial charge is 0.310 e. The second-order valence-corrected chi connectivity index (χ2v) is 24.9. The number of aryl methyl sites for hydroxylation is 1. The SMILES string of the molecule is Cc1ccccc1-c1ccccc1C12CCCC34CC(CC5(CC(C1)c1ccccc1-c1ccccc15)C23)c1ccccc1-c1ccc(N(c2ccc(-c3ccccc3)cc2)c2ccc3c(c2)c2ccccc2n3-c2ccccc2)cc14. The van der Waals surface area contributed by atoms with E-state index in [0.29, 0.717) is 17.8 Å². The van der Waals surface area contributed by atoms with Crippen LogP contribution in [0.25, 0.3) is 72.0 Å². The number of nitrogens with zero attached hydrogens (tertiary/aromatic N) is 2. The van der Waals surface area contributed by atoms with Gasteiger partial charge in [-0.15, -0.1) is 0 Å². The average molecular weight is 1050 g/mol. The molecule has 5 aliphatic carbocycles. The van der Waals surface area contributed by atoms with E-state index in [1.807, 2.05) is 0 Å². The topological polar surface area (TPSA) is 8.17 Å². The summed E-state index contributed by atoms with van der Waals surface area (Å²) in [6.45, 7) is 2.33. The van der Waals surface area contributed by atoms with Crippen molar-refractivity contribution >= 4 is 38.9 Å². The Kier molecular flexibility index (Phi) is 10.6. The van der Waals surface area contributed by atoms with E-state index < -0.39 is 0 Å². The van der Waals surface area contributed by atoms with Crippen molar-refractivity contribution in [3.63, 3.8) is 0 Å². The van der Waals surface area contributed by atoms with E-state index in [4.69, 9.17) is 0 Å². The van der Waals surface area contributed by atoms with Crippen molar-refractivity contribution < 1.29 is 0 Å². The summed E-state index contributed by atoms with van der Waals surface area (Å²) in [5, 5.41) is 2.50. The van der Waals surface area contributed by atoms with Crippen molar-refractivity contribution in [3.05, 3.63) is 300 Å². The van der Waals surface area contributed by atoms with Crippen LogP contribution < -0.4 is 4.90 Å². The molecular formula is C80H64N2. The summed E-state index contributed by atoms with van der Waals surface area (Å²) >= 11 is 0. The molecule has 2 nitrogen and oxygen atoms in total. The van der Waals surface area contributed by atoms with Gasteiger partial charge in [0.1, 0.15) is 0 Å². The Morgan fingerprint density at radius 3 is 1.52 bits per heavy atom. The van der Waals surface area contributed by atoms with E-state index in [1.54, 1.807) is 22.3 Å². The lowest BCUT2D eigenvalue weighted by Gasteiger charge is -2.70. The van der Waals surface area contributed by atoms with Crippen LogP contribution in [-0.4, -0.2) is 4.57 Å². The van der Waals surface area contributed by atoms with Crippen molar-refractivity contribution in [2.75, 3.05) is 4.90 Å². The molecule has 0 N–H and O–H groups in total. The van der Waals surface area contributed by atoms with Crippen LogP contribution in [0.2, 0.25) is 0 Å². The molecule has 3 saturated carbocycles. The first-order valence-corrected chi connectivity index (χ1v) is 30.1. The molecule has 4 bridgehead atoms. The third-order valence-corrected chi connectivity index (χ3v) is 21.0. The first-order valence-electron chi connectivity index (χ1n) is 30.1. The maximum Gasteiger partial charge on any atom is 0.0542 e. The number of para-hydroxylation sites is 2. The molecule has 0 aliphatic heterocycles. The Balaban J connectivity index is 0.947. The summed E-state index contributed by atoms with van der Waals surface area (Å²) in [5.74, 6) is 1.10. The molecule has 6 atom stereocenters. The zero-order valence-corrected chi connectivity index (χ0v) is 46.5. The molecule has 0 saturated heterocycles. The van der Waals surface area contributed by atoms with Gasteiger partial charge < -0.3 is 9.47 Å². The first-order chi connectivity index (χ1) is 40.5. The smallest absolute Gasteiger partial charge is 0.0542 e. The second-order valence-electron chi connectivity index (χ2n) is 24.9. The molecular weight excluding hydrogens is 989 g/mol. The minimum absolute atomic E-state index is 0.129. The minimum Gasteiger partial charge on any atom is -0.310 e. The number of anilines is 3. The highest BCUT2D eigenvalue weighted by atomic mass is 15.1. The lowest BCUT2D eigenvalue weighted by Crippen LogP contribution is -2.66. The molecule has 5 aliphatic rings. The predicted molar refractivity (Wildman–Crippen MR) is 341 cm³/mol. The van der Waals surface area contributed by atoms with Gasteiger partial charge in [0.15, 0.2) is 0 Å². The zero-order chi connectivity index (χ0) is 54.2. The molecule has 0 radical (unpaired) electrons. The Labute approximate surface area is 482 Å². The predicted octanol–water partition coefficient (Wildman–Crippen LogP) is 20.9. The second kappa shape index (κ2) is 18.3. The van der Waals surface area contributed by atoms with E-state index in [-0.39, 0.29) is 16.2 Å². The summed E-state index contributed by atoms with van der Waals surface area (Å²) in [6.07, 6.45) is 8.08. The summed E-state index contributed by atoms with van der Waals surface area (Å²) in [5.41, 5.74) is 26.8. The molecule has 17 rings (SSSR count). The standard InChI is InChI=1S/C80H64N2/c1-53-21-8-9-26-62(53)67-31-14-17-34-72(67)78-45-20-46-79-50-57(52-80(77(78)79)51-56(49-78)63-27-10-12-29-65(63)68-32-15-18-35-73(68)80)64-28-11-13-30-66(64)69-43-41-61(48-74(69)79)81(59-39-37-55(38-40-59)54-22-4-2-5-23-54)60-42-44-76-71(47-60)70-33-16-19-36-75(70)82(76)58-24-6-3-7-25-58/h2-19,21-44,47-48,56-57,77H,20,45-46,49-52H2,1H3. The summed E-state index contributed by atoms with van der Waals surface area (Å²) in [6, 6.07) is 103. The number of hydrogen-bond acceptors (Lipinski definition) is 1. The van der Waals surface area contributed by atoms with E-state index >= 15 is 0 Å². The molecule has 12 aromatic rings.